The number of nitrogens with one attached hydrogen (secondary N) is 1. The number of halogens is 1. The molecule has 0 aromatic rings. The summed E-state index contributed by atoms with van der Waals surface area (Å²) >= 11 is 2.15. The maximum atomic E-state index is 10.9. The van der Waals surface area contributed by atoms with Gasteiger partial charge in [-0.2, -0.15) is 5.48 Å². The van der Waals surface area contributed by atoms with Crippen LogP contribution in [0.25, 0.3) is 0 Å². The highest BCUT2D eigenvalue weighted by Crippen LogP contribution is 2.06. The van der Waals surface area contributed by atoms with Gasteiger partial charge in [-0.15, -0.1) is 0 Å². The van der Waals surface area contributed by atoms with E-state index in [1.165, 1.54) is 0 Å². The summed E-state index contributed by atoms with van der Waals surface area (Å²) in [5, 5.41) is 0. The van der Waals surface area contributed by atoms with Gasteiger partial charge in [-0.05, 0) is 20.8 Å². The maximum Gasteiger partial charge on any atom is 0.431 e. The Balaban J connectivity index is 3.47. The molecular formula is C7H14INO3. The van der Waals surface area contributed by atoms with E-state index in [0.29, 0.717) is 6.61 Å². The normalized spacial score (nSPS) is 11.0. The number of amides is 1. The highest BCUT2D eigenvalue weighted by Gasteiger charge is 2.15. The Labute approximate surface area is 86.1 Å². The first-order chi connectivity index (χ1) is 5.45. The average Bonchev–Trinajstić information content (AvgIpc) is 1.84. The topological polar surface area (TPSA) is 47.6 Å². The van der Waals surface area contributed by atoms with Crippen molar-refractivity contribution in [2.24, 2.45) is 0 Å². The summed E-state index contributed by atoms with van der Waals surface area (Å²) in [6, 6.07) is 0. The molecule has 0 saturated heterocycles. The van der Waals surface area contributed by atoms with Crippen LogP contribution in [0.3, 0.4) is 0 Å². The lowest BCUT2D eigenvalue weighted by atomic mass is 10.2. The fraction of sp³-hybridized carbons (Fsp3) is 0.857. The van der Waals surface area contributed by atoms with E-state index in [-0.39, 0.29) is 0 Å². The quantitative estimate of drug-likeness (QED) is 0.373. The molecule has 0 aromatic carbocycles. The van der Waals surface area contributed by atoms with Crippen molar-refractivity contribution in [3.63, 3.8) is 0 Å². The molecule has 72 valence electrons. The lowest BCUT2D eigenvalue weighted by Crippen LogP contribution is -2.32. The van der Waals surface area contributed by atoms with Gasteiger partial charge in [0.25, 0.3) is 0 Å². The van der Waals surface area contributed by atoms with E-state index < -0.39 is 11.7 Å². The van der Waals surface area contributed by atoms with Gasteiger partial charge in [0, 0.05) is 4.43 Å². The standard InChI is InChI=1S/C7H14INO3/c1-7(2,3)12-6(10)9-11-5-4-8/h4-5H2,1-3H3,(H,9,10). The smallest absolute Gasteiger partial charge is 0.431 e. The zero-order valence-corrected chi connectivity index (χ0v) is 9.67. The number of rotatable bonds is 3. The molecule has 0 unspecified atom stereocenters. The molecule has 0 aromatic heterocycles. The fourth-order valence-electron chi connectivity index (χ4n) is 0.447. The Kier molecular flexibility index (Phi) is 5.56. The molecular weight excluding hydrogens is 273 g/mol. The maximum absolute atomic E-state index is 10.9. The molecule has 0 spiro atoms. The monoisotopic (exact) mass is 287 g/mol. The predicted molar refractivity (Wildman–Crippen MR) is 54.2 cm³/mol. The molecule has 0 atom stereocenters. The molecule has 0 saturated carbocycles. The first kappa shape index (κ1) is 12.0. The summed E-state index contributed by atoms with van der Waals surface area (Å²) in [7, 11) is 0. The Bertz CT molecular complexity index is 144. The van der Waals surface area contributed by atoms with Gasteiger partial charge < -0.3 is 4.74 Å². The van der Waals surface area contributed by atoms with Crippen LogP contribution in [-0.4, -0.2) is 22.7 Å². The first-order valence-electron chi connectivity index (χ1n) is 3.62. The van der Waals surface area contributed by atoms with Crippen molar-refractivity contribution in [2.45, 2.75) is 26.4 Å². The van der Waals surface area contributed by atoms with Gasteiger partial charge in [0.1, 0.15) is 5.60 Å². The predicted octanol–water partition coefficient (Wildman–Crippen LogP) is 1.88. The van der Waals surface area contributed by atoms with Gasteiger partial charge in [-0.1, -0.05) is 22.6 Å². The first-order valence-corrected chi connectivity index (χ1v) is 5.15. The third-order valence-electron chi connectivity index (χ3n) is 0.734. The van der Waals surface area contributed by atoms with Gasteiger partial charge >= 0.3 is 6.09 Å². The summed E-state index contributed by atoms with van der Waals surface area (Å²) in [6.45, 7) is 5.88. The molecule has 0 bridgehead atoms. The lowest BCUT2D eigenvalue weighted by molar-refractivity contribution is -0.00293. The van der Waals surface area contributed by atoms with Gasteiger partial charge in [0.15, 0.2) is 0 Å². The zero-order chi connectivity index (χ0) is 9.61. The van der Waals surface area contributed by atoms with Gasteiger partial charge in [-0.25, -0.2) is 4.79 Å². The van der Waals surface area contributed by atoms with Crippen LogP contribution < -0.4 is 5.48 Å². The molecule has 4 nitrogen and oxygen atoms in total. The Morgan fingerprint density at radius 3 is 2.50 bits per heavy atom. The molecule has 0 fully saturated rings. The van der Waals surface area contributed by atoms with Gasteiger partial charge in [0.05, 0.1) is 6.61 Å². The summed E-state index contributed by atoms with van der Waals surface area (Å²) in [5.41, 5.74) is 1.70. The molecule has 0 radical (unpaired) electrons. The number of alkyl halides is 1. The molecule has 0 aliphatic heterocycles. The van der Waals surface area contributed by atoms with Crippen molar-refractivity contribution in [1.29, 1.82) is 0 Å². The second-order valence-corrected chi connectivity index (χ2v) is 4.22. The Morgan fingerprint density at radius 1 is 1.50 bits per heavy atom. The summed E-state index contributed by atoms with van der Waals surface area (Å²) in [6.07, 6.45) is -0.549. The van der Waals surface area contributed by atoms with Crippen LogP contribution in [0.4, 0.5) is 4.79 Å². The van der Waals surface area contributed by atoms with Gasteiger partial charge in [0.2, 0.25) is 0 Å². The van der Waals surface area contributed by atoms with E-state index in [2.05, 4.69) is 28.1 Å². The van der Waals surface area contributed by atoms with E-state index in [4.69, 9.17) is 9.57 Å². The van der Waals surface area contributed by atoms with Crippen LogP contribution >= 0.6 is 22.6 Å². The van der Waals surface area contributed by atoms with Crippen LogP contribution in [0, 0.1) is 0 Å². The minimum atomic E-state index is -0.549. The van der Waals surface area contributed by atoms with Crippen molar-refractivity contribution < 1.29 is 14.4 Å². The van der Waals surface area contributed by atoms with Crippen molar-refractivity contribution in [1.82, 2.24) is 5.48 Å². The second-order valence-electron chi connectivity index (χ2n) is 3.14. The molecule has 5 heteroatoms. The van der Waals surface area contributed by atoms with E-state index in [9.17, 15) is 4.79 Å². The molecule has 0 heterocycles. The molecule has 1 N–H and O–H groups in total. The van der Waals surface area contributed by atoms with Crippen molar-refractivity contribution in [3.05, 3.63) is 0 Å². The molecule has 1 amide bonds. The lowest BCUT2D eigenvalue weighted by Gasteiger charge is -2.19. The zero-order valence-electron chi connectivity index (χ0n) is 7.52. The SMILES string of the molecule is CC(C)(C)OC(=O)NOCCI. The number of carbonyl (C=O) groups is 1. The number of carbonyl (C=O) groups excluding carboxylic acids is 1. The van der Waals surface area contributed by atoms with Crippen LogP contribution in [0.5, 0.6) is 0 Å². The second kappa shape index (κ2) is 5.58. The third-order valence-corrected chi connectivity index (χ3v) is 1.17. The van der Waals surface area contributed by atoms with Crippen molar-refractivity contribution in [3.8, 4) is 0 Å². The van der Waals surface area contributed by atoms with E-state index in [1.54, 1.807) is 20.8 Å². The van der Waals surface area contributed by atoms with Crippen LogP contribution in [0.2, 0.25) is 0 Å². The van der Waals surface area contributed by atoms with Crippen LogP contribution in [0.15, 0.2) is 0 Å². The summed E-state index contributed by atoms with van der Waals surface area (Å²) < 4.78 is 5.73. The van der Waals surface area contributed by atoms with Crippen LogP contribution in [-0.2, 0) is 9.57 Å². The number of hydroxylamine groups is 1. The molecule has 0 rings (SSSR count). The van der Waals surface area contributed by atoms with E-state index >= 15 is 0 Å². The van der Waals surface area contributed by atoms with Crippen LogP contribution in [0.1, 0.15) is 20.8 Å². The third kappa shape index (κ3) is 8.06. The molecule has 12 heavy (non-hydrogen) atoms. The summed E-state index contributed by atoms with van der Waals surface area (Å²) in [4.78, 5) is 15.6. The highest BCUT2D eigenvalue weighted by molar-refractivity contribution is 14.1. The minimum absolute atomic E-state index is 0.474. The van der Waals surface area contributed by atoms with E-state index in [0.717, 1.165) is 4.43 Å². The van der Waals surface area contributed by atoms with E-state index in [1.807, 2.05) is 0 Å². The fourth-order valence-corrected chi connectivity index (χ4v) is 0.668. The molecule has 0 aliphatic rings. The average molecular weight is 287 g/mol. The Hall–Kier alpha value is -0.0400. The largest absolute Gasteiger partial charge is 0.442 e. The number of hydrogen-bond acceptors (Lipinski definition) is 3. The van der Waals surface area contributed by atoms with Gasteiger partial charge in [-0.3, -0.25) is 4.84 Å². The summed E-state index contributed by atoms with van der Waals surface area (Å²) in [5.74, 6) is 0. The Morgan fingerprint density at radius 2 is 2.08 bits per heavy atom. The highest BCUT2D eigenvalue weighted by atomic mass is 127. The number of ether oxygens (including phenoxy) is 1. The number of hydrogen-bond donors (Lipinski definition) is 1. The minimum Gasteiger partial charge on any atom is -0.442 e. The molecule has 0 aliphatic carbocycles. The van der Waals surface area contributed by atoms with Crippen molar-refractivity contribution in [2.75, 3.05) is 11.0 Å². The van der Waals surface area contributed by atoms with Crippen molar-refractivity contribution >= 4 is 28.7 Å².